The first-order valence-corrected chi connectivity index (χ1v) is 8.56. The highest BCUT2D eigenvalue weighted by Gasteiger charge is 2.09. The fourth-order valence-corrected chi connectivity index (χ4v) is 2.61. The van der Waals surface area contributed by atoms with Crippen LogP contribution in [0.4, 0.5) is 17.2 Å². The molecule has 1 heterocycles. The van der Waals surface area contributed by atoms with E-state index in [4.69, 9.17) is 0 Å². The highest BCUT2D eigenvalue weighted by Crippen LogP contribution is 2.25. The molecule has 0 unspecified atom stereocenters. The third kappa shape index (κ3) is 4.19. The van der Waals surface area contributed by atoms with Crippen molar-refractivity contribution in [2.75, 3.05) is 22.4 Å². The molecule has 0 saturated heterocycles. The van der Waals surface area contributed by atoms with Gasteiger partial charge in [-0.2, -0.15) is 0 Å². The highest BCUT2D eigenvalue weighted by atomic mass is 32.2. The predicted molar refractivity (Wildman–Crippen MR) is 86.6 cm³/mol. The maximum atomic E-state index is 11.2. The molecule has 0 spiro atoms. The first-order valence-electron chi connectivity index (χ1n) is 6.67. The molecule has 112 valence electrons. The number of pyridine rings is 1. The van der Waals surface area contributed by atoms with Crippen molar-refractivity contribution in [2.24, 2.45) is 0 Å². The number of nitrogens with one attached hydrogen (secondary N) is 1. The first kappa shape index (κ1) is 15.3. The fourth-order valence-electron chi connectivity index (χ4n) is 2.11. The van der Waals surface area contributed by atoms with E-state index < -0.39 is 10.0 Å². The van der Waals surface area contributed by atoms with Gasteiger partial charge in [0.1, 0.15) is 5.82 Å². The fraction of sp³-hybridized carbons (Fsp3) is 0.267. The van der Waals surface area contributed by atoms with Gasteiger partial charge in [0.05, 0.1) is 18.1 Å². The summed E-state index contributed by atoms with van der Waals surface area (Å²) in [5.74, 6) is 0.321. The first-order chi connectivity index (χ1) is 9.89. The van der Waals surface area contributed by atoms with Gasteiger partial charge < -0.3 is 4.90 Å². The average Bonchev–Trinajstić information content (AvgIpc) is 2.40. The van der Waals surface area contributed by atoms with Crippen LogP contribution in [-0.2, 0) is 10.0 Å². The summed E-state index contributed by atoms with van der Waals surface area (Å²) in [6.07, 6.45) is 2.77. The number of hydrogen-bond acceptors (Lipinski definition) is 4. The Labute approximate surface area is 125 Å². The molecule has 1 aromatic carbocycles. The Morgan fingerprint density at radius 3 is 2.48 bits per heavy atom. The van der Waals surface area contributed by atoms with Crippen LogP contribution < -0.4 is 9.62 Å². The predicted octanol–water partition coefficient (Wildman–Crippen LogP) is 2.92. The number of aryl methyl sites for hydroxylation is 1. The van der Waals surface area contributed by atoms with Crippen molar-refractivity contribution in [1.29, 1.82) is 0 Å². The molecule has 5 nitrogen and oxygen atoms in total. The van der Waals surface area contributed by atoms with Crippen molar-refractivity contribution in [1.82, 2.24) is 4.98 Å². The zero-order chi connectivity index (χ0) is 15.5. The summed E-state index contributed by atoms with van der Waals surface area (Å²) in [7, 11) is -3.30. The summed E-state index contributed by atoms with van der Waals surface area (Å²) in [5.41, 5.74) is 3.19. The van der Waals surface area contributed by atoms with Crippen LogP contribution in [0.3, 0.4) is 0 Å². The Kier molecular flexibility index (Phi) is 4.47. The average molecular weight is 305 g/mol. The van der Waals surface area contributed by atoms with Crippen molar-refractivity contribution in [3.8, 4) is 0 Å². The molecule has 0 atom stereocenters. The number of benzene rings is 1. The van der Waals surface area contributed by atoms with Crippen LogP contribution in [0.25, 0.3) is 0 Å². The molecule has 1 N–H and O–H groups in total. The molecular formula is C15H19N3O2S. The number of rotatable bonds is 5. The third-order valence-corrected chi connectivity index (χ3v) is 3.56. The topological polar surface area (TPSA) is 62.3 Å². The van der Waals surface area contributed by atoms with Crippen LogP contribution in [0.1, 0.15) is 12.5 Å². The lowest BCUT2D eigenvalue weighted by Gasteiger charge is -2.23. The molecule has 0 amide bonds. The summed E-state index contributed by atoms with van der Waals surface area (Å²) in [6.45, 7) is 4.91. The van der Waals surface area contributed by atoms with E-state index in [0.29, 0.717) is 5.82 Å². The van der Waals surface area contributed by atoms with E-state index in [9.17, 15) is 8.42 Å². The number of nitrogens with zero attached hydrogens (tertiary/aromatic N) is 2. The van der Waals surface area contributed by atoms with E-state index in [0.717, 1.165) is 24.2 Å². The van der Waals surface area contributed by atoms with Gasteiger partial charge >= 0.3 is 0 Å². The van der Waals surface area contributed by atoms with Crippen molar-refractivity contribution < 1.29 is 8.42 Å². The molecule has 2 aromatic rings. The van der Waals surface area contributed by atoms with E-state index in [2.05, 4.69) is 40.6 Å². The zero-order valence-electron chi connectivity index (χ0n) is 12.4. The van der Waals surface area contributed by atoms with Gasteiger partial charge in [0.15, 0.2) is 0 Å². The quantitative estimate of drug-likeness (QED) is 0.922. The number of sulfonamides is 1. The van der Waals surface area contributed by atoms with Gasteiger partial charge in [0, 0.05) is 12.2 Å². The normalized spacial score (nSPS) is 11.2. The van der Waals surface area contributed by atoms with Gasteiger partial charge in [-0.15, -0.1) is 0 Å². The molecule has 6 heteroatoms. The third-order valence-electron chi connectivity index (χ3n) is 2.98. The summed E-state index contributed by atoms with van der Waals surface area (Å²) in [4.78, 5) is 6.26. The molecule has 1 aromatic heterocycles. The van der Waals surface area contributed by atoms with Gasteiger partial charge in [-0.05, 0) is 43.7 Å². The number of anilines is 3. The second-order valence-electron chi connectivity index (χ2n) is 4.86. The number of aromatic nitrogens is 1. The Balaban J connectivity index is 2.27. The summed E-state index contributed by atoms with van der Waals surface area (Å²) in [5, 5.41) is 0. The van der Waals surface area contributed by atoms with Crippen LogP contribution in [0.15, 0.2) is 42.6 Å². The minimum absolute atomic E-state index is 0.321. The summed E-state index contributed by atoms with van der Waals surface area (Å²) >= 11 is 0. The summed E-state index contributed by atoms with van der Waals surface area (Å²) in [6, 6.07) is 11.7. The lowest BCUT2D eigenvalue weighted by Crippen LogP contribution is -2.17. The monoisotopic (exact) mass is 305 g/mol. The molecule has 2 rings (SSSR count). The van der Waals surface area contributed by atoms with Crippen molar-refractivity contribution in [3.05, 3.63) is 48.2 Å². The lowest BCUT2D eigenvalue weighted by atomic mass is 10.2. The molecule has 0 radical (unpaired) electrons. The Morgan fingerprint density at radius 1 is 1.19 bits per heavy atom. The van der Waals surface area contributed by atoms with E-state index in [1.165, 1.54) is 5.56 Å². The van der Waals surface area contributed by atoms with Gasteiger partial charge in [-0.25, -0.2) is 13.4 Å². The van der Waals surface area contributed by atoms with Gasteiger partial charge in [0.2, 0.25) is 10.0 Å². The lowest BCUT2D eigenvalue weighted by molar-refractivity contribution is 0.606. The van der Waals surface area contributed by atoms with Crippen LogP contribution in [0, 0.1) is 6.92 Å². The molecular weight excluding hydrogens is 286 g/mol. The molecule has 0 aliphatic carbocycles. The molecule has 0 saturated carbocycles. The van der Waals surface area contributed by atoms with E-state index in [1.807, 2.05) is 18.2 Å². The second-order valence-corrected chi connectivity index (χ2v) is 6.61. The largest absolute Gasteiger partial charge is 0.341 e. The standard InChI is InChI=1S/C15H19N3O2S/c1-4-18(13-7-5-6-12(2)10-13)14-8-9-15(16-11-14)17-21(3,19)20/h5-11H,4H2,1-3H3,(H,16,17). The molecule has 0 aliphatic heterocycles. The maximum Gasteiger partial charge on any atom is 0.230 e. The molecule has 0 bridgehead atoms. The van der Waals surface area contributed by atoms with E-state index in [1.54, 1.807) is 12.3 Å². The Bertz CT molecular complexity index is 712. The van der Waals surface area contributed by atoms with Gasteiger partial charge in [-0.3, -0.25) is 4.72 Å². The minimum atomic E-state index is -3.30. The van der Waals surface area contributed by atoms with E-state index in [-0.39, 0.29) is 0 Å². The summed E-state index contributed by atoms with van der Waals surface area (Å²) < 4.78 is 24.7. The van der Waals surface area contributed by atoms with E-state index >= 15 is 0 Å². The Hall–Kier alpha value is -2.08. The van der Waals surface area contributed by atoms with Crippen molar-refractivity contribution >= 4 is 27.2 Å². The smallest absolute Gasteiger partial charge is 0.230 e. The van der Waals surface area contributed by atoms with Gasteiger partial charge in [0.25, 0.3) is 0 Å². The molecule has 0 fully saturated rings. The maximum absolute atomic E-state index is 11.2. The van der Waals surface area contributed by atoms with Crippen molar-refractivity contribution in [3.63, 3.8) is 0 Å². The second kappa shape index (κ2) is 6.13. The van der Waals surface area contributed by atoms with Crippen LogP contribution in [0.2, 0.25) is 0 Å². The van der Waals surface area contributed by atoms with Crippen LogP contribution >= 0.6 is 0 Å². The SMILES string of the molecule is CCN(c1ccc(NS(C)(=O)=O)nc1)c1cccc(C)c1. The Morgan fingerprint density at radius 2 is 1.95 bits per heavy atom. The van der Waals surface area contributed by atoms with Gasteiger partial charge in [-0.1, -0.05) is 12.1 Å². The highest BCUT2D eigenvalue weighted by molar-refractivity contribution is 7.92. The molecule has 0 aliphatic rings. The van der Waals surface area contributed by atoms with Crippen LogP contribution in [0.5, 0.6) is 0 Å². The number of hydrogen-bond donors (Lipinski definition) is 1. The minimum Gasteiger partial charge on any atom is -0.341 e. The van der Waals surface area contributed by atoms with Crippen LogP contribution in [-0.4, -0.2) is 26.2 Å². The van der Waals surface area contributed by atoms with Crippen molar-refractivity contribution in [2.45, 2.75) is 13.8 Å². The zero-order valence-corrected chi connectivity index (χ0v) is 13.2. The molecule has 21 heavy (non-hydrogen) atoms.